The van der Waals surface area contributed by atoms with E-state index in [1.54, 1.807) is 36.4 Å². The number of carbonyl (C=O) groups is 2. The summed E-state index contributed by atoms with van der Waals surface area (Å²) in [5.74, 6) is 0.836. The summed E-state index contributed by atoms with van der Waals surface area (Å²) in [5, 5.41) is 0.173. The molecule has 3 aromatic carbocycles. The van der Waals surface area contributed by atoms with Crippen LogP contribution in [-0.4, -0.2) is 17.8 Å². The smallest absolute Gasteiger partial charge is 0.298 e. The number of halogens is 1. The monoisotopic (exact) mass is 505 g/mol. The van der Waals surface area contributed by atoms with Crippen molar-refractivity contribution in [1.29, 1.82) is 0 Å². The van der Waals surface area contributed by atoms with Crippen LogP contribution < -0.4 is 14.4 Å². The molecule has 1 aliphatic heterocycles. The van der Waals surface area contributed by atoms with Crippen LogP contribution in [0.25, 0.3) is 6.08 Å². The first kappa shape index (κ1) is 24.6. The molecule has 5 nitrogen and oxygen atoms in total. The van der Waals surface area contributed by atoms with Crippen molar-refractivity contribution in [2.45, 2.75) is 20.0 Å². The molecule has 0 aromatic heterocycles. The van der Waals surface area contributed by atoms with Crippen molar-refractivity contribution in [3.8, 4) is 11.5 Å². The first-order chi connectivity index (χ1) is 17.0. The summed E-state index contributed by atoms with van der Waals surface area (Å²) < 4.78 is 12.1. The molecular weight excluding hydrogens is 482 g/mol. The summed E-state index contributed by atoms with van der Waals surface area (Å²) in [4.78, 5) is 27.2. The third-order valence-electron chi connectivity index (χ3n) is 5.22. The lowest BCUT2D eigenvalue weighted by molar-refractivity contribution is -0.113. The van der Waals surface area contributed by atoms with Crippen molar-refractivity contribution in [3.63, 3.8) is 0 Å². The number of amides is 2. The highest BCUT2D eigenvalue weighted by Crippen LogP contribution is 2.39. The van der Waals surface area contributed by atoms with Gasteiger partial charge in [0.15, 0.2) is 11.5 Å². The van der Waals surface area contributed by atoms with Gasteiger partial charge in [0.1, 0.15) is 6.61 Å². The zero-order valence-corrected chi connectivity index (χ0v) is 20.8. The Morgan fingerprint density at radius 3 is 2.46 bits per heavy atom. The minimum atomic E-state index is -0.380. The van der Waals surface area contributed by atoms with Gasteiger partial charge in [0.2, 0.25) is 0 Å². The molecule has 3 aromatic rings. The first-order valence-electron chi connectivity index (χ1n) is 11.1. The Morgan fingerprint density at radius 2 is 1.77 bits per heavy atom. The van der Waals surface area contributed by atoms with Crippen molar-refractivity contribution in [2.75, 3.05) is 11.5 Å². The molecule has 0 spiro atoms. The molecule has 1 aliphatic rings. The minimum absolute atomic E-state index is 0.329. The highest BCUT2D eigenvalue weighted by atomic mass is 35.5. The Hall–Kier alpha value is -3.48. The van der Waals surface area contributed by atoms with E-state index >= 15 is 0 Å². The summed E-state index contributed by atoms with van der Waals surface area (Å²) in [6.07, 6.45) is 4.05. The second-order valence-electron chi connectivity index (χ2n) is 7.70. The van der Waals surface area contributed by atoms with E-state index in [-0.39, 0.29) is 11.1 Å². The number of hydrogen-bond acceptors (Lipinski definition) is 5. The third kappa shape index (κ3) is 5.78. The second-order valence-corrected chi connectivity index (χ2v) is 9.13. The molecule has 178 valence electrons. The maximum Gasteiger partial charge on any atom is 0.298 e. The van der Waals surface area contributed by atoms with E-state index in [0.717, 1.165) is 33.4 Å². The average molecular weight is 506 g/mol. The number of benzene rings is 3. The molecule has 1 saturated heterocycles. The number of carbonyl (C=O) groups excluding carboxylic acids is 2. The van der Waals surface area contributed by atoms with E-state index in [4.69, 9.17) is 21.1 Å². The Balaban J connectivity index is 1.66. The molecule has 0 radical (unpaired) electrons. The van der Waals surface area contributed by atoms with Crippen molar-refractivity contribution < 1.29 is 19.1 Å². The van der Waals surface area contributed by atoms with Crippen LogP contribution in [0.4, 0.5) is 10.5 Å². The van der Waals surface area contributed by atoms with Gasteiger partial charge in [-0.25, -0.2) is 4.90 Å². The van der Waals surface area contributed by atoms with Crippen molar-refractivity contribution >= 4 is 46.3 Å². The lowest BCUT2D eigenvalue weighted by Crippen LogP contribution is -2.27. The molecule has 1 heterocycles. The van der Waals surface area contributed by atoms with Gasteiger partial charge in [0, 0.05) is 10.6 Å². The van der Waals surface area contributed by atoms with Gasteiger partial charge in [-0.15, -0.1) is 6.58 Å². The van der Waals surface area contributed by atoms with Crippen LogP contribution in [0.15, 0.2) is 84.3 Å². The molecule has 0 N–H and O–H groups in total. The van der Waals surface area contributed by atoms with Crippen molar-refractivity contribution in [2.24, 2.45) is 0 Å². The summed E-state index contributed by atoms with van der Waals surface area (Å²) in [5.41, 5.74) is 3.13. The topological polar surface area (TPSA) is 55.8 Å². The van der Waals surface area contributed by atoms with Crippen LogP contribution in [0.1, 0.15) is 23.6 Å². The summed E-state index contributed by atoms with van der Waals surface area (Å²) >= 11 is 6.84. The maximum atomic E-state index is 13.1. The van der Waals surface area contributed by atoms with Gasteiger partial charge in [0.25, 0.3) is 11.1 Å². The SMILES string of the molecule is C=CCc1cc(/C=C2/SC(=O)N(c3ccc(Cl)cc3)C2=O)cc(OCC)c1OCc1ccccc1. The maximum absolute atomic E-state index is 13.1. The second kappa shape index (κ2) is 11.3. The van der Waals surface area contributed by atoms with E-state index < -0.39 is 0 Å². The summed E-state index contributed by atoms with van der Waals surface area (Å²) in [6.45, 7) is 6.61. The molecular formula is C28H24ClNO4S. The largest absolute Gasteiger partial charge is 0.490 e. The number of rotatable bonds is 9. The quantitative estimate of drug-likeness (QED) is 0.226. The van der Waals surface area contributed by atoms with E-state index in [0.29, 0.717) is 46.7 Å². The minimum Gasteiger partial charge on any atom is -0.490 e. The predicted molar refractivity (Wildman–Crippen MR) is 142 cm³/mol. The molecule has 7 heteroatoms. The van der Waals surface area contributed by atoms with Gasteiger partial charge in [-0.1, -0.05) is 48.0 Å². The number of thioether (sulfide) groups is 1. The number of hydrogen-bond donors (Lipinski definition) is 0. The molecule has 0 atom stereocenters. The average Bonchev–Trinajstić information content (AvgIpc) is 3.13. The number of nitrogens with zero attached hydrogens (tertiary/aromatic N) is 1. The standard InChI is InChI=1S/C28H24ClNO4S/c1-3-8-21-15-20(16-24(33-4-2)26(21)34-18-19-9-6-5-7-10-19)17-25-27(31)30(28(32)35-25)23-13-11-22(29)12-14-23/h3,5-7,9-17H,1,4,8,18H2,2H3/b25-17+. The Bertz CT molecular complexity index is 1270. The van der Waals surface area contributed by atoms with Gasteiger partial charge in [0.05, 0.1) is 17.2 Å². The number of imide groups is 1. The van der Waals surface area contributed by atoms with Crippen LogP contribution in [-0.2, 0) is 17.8 Å². The highest BCUT2D eigenvalue weighted by molar-refractivity contribution is 8.19. The van der Waals surface area contributed by atoms with Gasteiger partial charge >= 0.3 is 0 Å². The van der Waals surface area contributed by atoms with Crippen LogP contribution in [0.2, 0.25) is 5.02 Å². The fourth-order valence-electron chi connectivity index (χ4n) is 3.66. The number of anilines is 1. The van der Waals surface area contributed by atoms with Crippen molar-refractivity contribution in [1.82, 2.24) is 0 Å². The Kier molecular flexibility index (Phi) is 7.95. The van der Waals surface area contributed by atoms with E-state index in [9.17, 15) is 9.59 Å². The normalized spacial score (nSPS) is 14.5. The van der Waals surface area contributed by atoms with Crippen LogP contribution >= 0.6 is 23.4 Å². The molecule has 0 saturated carbocycles. The summed E-state index contributed by atoms with van der Waals surface area (Å²) in [6, 6.07) is 20.2. The van der Waals surface area contributed by atoms with Crippen LogP contribution in [0, 0.1) is 0 Å². The Morgan fingerprint density at radius 1 is 1.03 bits per heavy atom. The lowest BCUT2D eigenvalue weighted by atomic mass is 10.0. The third-order valence-corrected chi connectivity index (χ3v) is 6.34. The lowest BCUT2D eigenvalue weighted by Gasteiger charge is -2.17. The van der Waals surface area contributed by atoms with Gasteiger partial charge in [-0.3, -0.25) is 9.59 Å². The van der Waals surface area contributed by atoms with Crippen LogP contribution in [0.3, 0.4) is 0 Å². The van der Waals surface area contributed by atoms with Gasteiger partial charge < -0.3 is 9.47 Å². The molecule has 35 heavy (non-hydrogen) atoms. The number of allylic oxidation sites excluding steroid dienone is 1. The van der Waals surface area contributed by atoms with Gasteiger partial charge in [-0.05, 0) is 78.7 Å². The highest BCUT2D eigenvalue weighted by Gasteiger charge is 2.36. The zero-order valence-electron chi connectivity index (χ0n) is 19.2. The zero-order chi connectivity index (χ0) is 24.8. The van der Waals surface area contributed by atoms with E-state index in [1.165, 1.54) is 0 Å². The molecule has 0 unspecified atom stereocenters. The first-order valence-corrected chi connectivity index (χ1v) is 12.3. The number of ether oxygens (including phenoxy) is 2. The fraction of sp³-hybridized carbons (Fsp3) is 0.143. The van der Waals surface area contributed by atoms with Crippen molar-refractivity contribution in [3.05, 3.63) is 106 Å². The predicted octanol–water partition coefficient (Wildman–Crippen LogP) is 7.29. The molecule has 1 fully saturated rings. The molecule has 0 bridgehead atoms. The fourth-order valence-corrected chi connectivity index (χ4v) is 4.63. The molecule has 4 rings (SSSR count). The molecule has 2 amide bonds. The van der Waals surface area contributed by atoms with Gasteiger partial charge in [-0.2, -0.15) is 0 Å². The summed E-state index contributed by atoms with van der Waals surface area (Å²) in [7, 11) is 0. The molecule has 0 aliphatic carbocycles. The van der Waals surface area contributed by atoms with E-state index in [1.807, 2.05) is 49.4 Å². The Labute approximate surface area is 214 Å². The van der Waals surface area contributed by atoms with E-state index in [2.05, 4.69) is 6.58 Å². The van der Waals surface area contributed by atoms with Crippen LogP contribution in [0.5, 0.6) is 11.5 Å².